The van der Waals surface area contributed by atoms with Crippen molar-refractivity contribution in [1.29, 1.82) is 0 Å². The number of nitrogens with zero attached hydrogens (tertiary/aromatic N) is 4. The van der Waals surface area contributed by atoms with Crippen LogP contribution in [0.1, 0.15) is 0 Å². The Balaban J connectivity index is 1.04. The first-order chi connectivity index (χ1) is 26.2. The average molecular weight is 715 g/mol. The molecule has 11 aromatic rings. The minimum absolute atomic E-state index is 0.620. The summed E-state index contributed by atoms with van der Waals surface area (Å²) < 4.78 is 9.69. The van der Waals surface area contributed by atoms with E-state index in [1.807, 2.05) is 66.7 Å². The number of hydrogen-bond donors (Lipinski definition) is 0. The van der Waals surface area contributed by atoms with Gasteiger partial charge in [0.2, 0.25) is 0 Å². The van der Waals surface area contributed by atoms with Crippen LogP contribution in [0.25, 0.3) is 108 Å². The third-order valence-corrected chi connectivity index (χ3v) is 12.1. The second kappa shape index (κ2) is 12.0. The van der Waals surface area contributed by atoms with Gasteiger partial charge in [0.15, 0.2) is 17.5 Å². The molecule has 0 bridgehead atoms. The number of para-hydroxylation sites is 2. The third-order valence-electron chi connectivity index (χ3n) is 9.78. The molecule has 4 aromatic heterocycles. The smallest absolute Gasteiger partial charge is 0.165 e. The van der Waals surface area contributed by atoms with Crippen molar-refractivity contribution in [1.82, 2.24) is 19.9 Å². The number of benzene rings is 7. The lowest BCUT2D eigenvalue weighted by Crippen LogP contribution is -2.00. The summed E-state index contributed by atoms with van der Waals surface area (Å²) in [4.78, 5) is 20.2. The molecule has 0 atom stereocenters. The van der Waals surface area contributed by atoms with Gasteiger partial charge in [-0.15, -0.1) is 22.7 Å². The maximum atomic E-state index is 6.13. The molecule has 0 aliphatic rings. The molecule has 0 amide bonds. The number of furan rings is 1. The largest absolute Gasteiger partial charge is 0.456 e. The Morgan fingerprint density at radius 3 is 1.98 bits per heavy atom. The van der Waals surface area contributed by atoms with Crippen LogP contribution in [0.2, 0.25) is 0 Å². The molecule has 0 N–H and O–H groups in total. The Hall–Kier alpha value is -6.54. The van der Waals surface area contributed by atoms with Gasteiger partial charge >= 0.3 is 0 Å². The van der Waals surface area contributed by atoms with E-state index in [0.717, 1.165) is 65.0 Å². The van der Waals surface area contributed by atoms with Gasteiger partial charge in [0.1, 0.15) is 16.2 Å². The van der Waals surface area contributed by atoms with E-state index in [4.69, 9.17) is 24.4 Å². The van der Waals surface area contributed by atoms with Crippen LogP contribution in [-0.4, -0.2) is 19.9 Å². The number of rotatable bonds is 5. The average Bonchev–Trinajstić information content (AvgIpc) is 3.94. The summed E-state index contributed by atoms with van der Waals surface area (Å²) in [6, 6.07) is 54.6. The molecule has 7 aromatic carbocycles. The Morgan fingerprint density at radius 2 is 1.06 bits per heavy atom. The molecule has 0 aliphatic carbocycles. The maximum Gasteiger partial charge on any atom is 0.165 e. The topological polar surface area (TPSA) is 64.7 Å². The Labute approximate surface area is 311 Å². The molecule has 248 valence electrons. The van der Waals surface area contributed by atoms with Crippen molar-refractivity contribution >= 4 is 75.0 Å². The number of thiophene rings is 1. The maximum absolute atomic E-state index is 6.13. The zero-order valence-corrected chi connectivity index (χ0v) is 29.7. The van der Waals surface area contributed by atoms with Crippen molar-refractivity contribution < 1.29 is 4.42 Å². The van der Waals surface area contributed by atoms with Gasteiger partial charge in [-0.1, -0.05) is 97.1 Å². The van der Waals surface area contributed by atoms with Gasteiger partial charge in [0.05, 0.1) is 10.2 Å². The van der Waals surface area contributed by atoms with Crippen LogP contribution in [-0.2, 0) is 0 Å². The predicted octanol–water partition coefficient (Wildman–Crippen LogP) is 13.1. The molecule has 0 radical (unpaired) electrons. The molecule has 7 heteroatoms. The predicted molar refractivity (Wildman–Crippen MR) is 220 cm³/mol. The lowest BCUT2D eigenvalue weighted by Gasteiger charge is -2.09. The Bertz CT molecular complexity index is 3160. The lowest BCUT2D eigenvalue weighted by molar-refractivity contribution is 0.669. The quantitative estimate of drug-likeness (QED) is 0.178. The molecule has 0 unspecified atom stereocenters. The molecule has 4 heterocycles. The third kappa shape index (κ3) is 5.12. The Kier molecular flexibility index (Phi) is 6.83. The van der Waals surface area contributed by atoms with E-state index in [0.29, 0.717) is 17.5 Å². The molecule has 5 nitrogen and oxygen atoms in total. The fraction of sp³-hybridized carbons (Fsp3) is 0. The van der Waals surface area contributed by atoms with Gasteiger partial charge in [-0.05, 0) is 71.8 Å². The SMILES string of the molecule is c1ccc(-c2nc(-c3ccc4oc5ccccc5c4c3)nc(-c3cccc4c3sc3ccc(-c5cccc(-c6nc7ccccc7s6)c5)cc34)n2)cc1. The monoisotopic (exact) mass is 714 g/mol. The second-order valence-electron chi connectivity index (χ2n) is 13.0. The van der Waals surface area contributed by atoms with E-state index in [1.54, 1.807) is 22.7 Å². The molecular formula is C46H26N4OS2. The van der Waals surface area contributed by atoms with Crippen LogP contribution < -0.4 is 0 Å². The van der Waals surface area contributed by atoms with E-state index in [2.05, 4.69) is 91.0 Å². The summed E-state index contributed by atoms with van der Waals surface area (Å²) in [6.07, 6.45) is 0. The van der Waals surface area contributed by atoms with Crippen LogP contribution in [0.15, 0.2) is 162 Å². The van der Waals surface area contributed by atoms with Crippen LogP contribution in [0.3, 0.4) is 0 Å². The summed E-state index contributed by atoms with van der Waals surface area (Å²) in [5.74, 6) is 1.90. The van der Waals surface area contributed by atoms with Crippen LogP contribution in [0.5, 0.6) is 0 Å². The van der Waals surface area contributed by atoms with Gasteiger partial charge in [-0.25, -0.2) is 19.9 Å². The van der Waals surface area contributed by atoms with E-state index < -0.39 is 0 Å². The number of aromatic nitrogens is 4. The molecule has 0 aliphatic heterocycles. The van der Waals surface area contributed by atoms with Crippen LogP contribution >= 0.6 is 22.7 Å². The molecule has 0 saturated carbocycles. The Morgan fingerprint density at radius 1 is 0.377 bits per heavy atom. The highest BCUT2D eigenvalue weighted by Gasteiger charge is 2.18. The highest BCUT2D eigenvalue weighted by Crippen LogP contribution is 2.42. The molecule has 0 fully saturated rings. The van der Waals surface area contributed by atoms with Crippen molar-refractivity contribution in [3.05, 3.63) is 158 Å². The number of hydrogen-bond acceptors (Lipinski definition) is 7. The molecule has 0 spiro atoms. The first-order valence-electron chi connectivity index (χ1n) is 17.4. The molecular weight excluding hydrogens is 689 g/mol. The van der Waals surface area contributed by atoms with Gasteiger partial charge in [0.25, 0.3) is 0 Å². The van der Waals surface area contributed by atoms with E-state index in [1.165, 1.54) is 25.7 Å². The standard InChI is InChI=1S/C46H26N4OS2/c1-2-10-27(11-3-1)43-48-44(30-20-22-39-35(26-30)32-14-4-6-18-38(32)51-39)50-45(49-43)34-16-9-15-33-36-25-29(21-23-40(36)52-42(33)34)28-12-8-13-31(24-28)46-47-37-17-5-7-19-41(37)53-46/h1-26H. The van der Waals surface area contributed by atoms with E-state index in [9.17, 15) is 0 Å². The summed E-state index contributed by atoms with van der Waals surface area (Å²) in [6.45, 7) is 0. The fourth-order valence-electron chi connectivity index (χ4n) is 7.19. The first-order valence-corrected chi connectivity index (χ1v) is 19.0. The fourth-order valence-corrected chi connectivity index (χ4v) is 9.34. The van der Waals surface area contributed by atoms with Crippen LogP contribution in [0.4, 0.5) is 0 Å². The van der Waals surface area contributed by atoms with Crippen molar-refractivity contribution in [2.24, 2.45) is 0 Å². The second-order valence-corrected chi connectivity index (χ2v) is 15.1. The number of fused-ring (bicyclic) bond motifs is 7. The normalized spacial score (nSPS) is 11.8. The summed E-state index contributed by atoms with van der Waals surface area (Å²) in [5.41, 5.74) is 9.03. The minimum atomic E-state index is 0.620. The highest BCUT2D eigenvalue weighted by molar-refractivity contribution is 7.26. The summed E-state index contributed by atoms with van der Waals surface area (Å²) in [5, 5.41) is 5.53. The number of thiazole rings is 1. The molecule has 53 heavy (non-hydrogen) atoms. The van der Waals surface area contributed by atoms with Crippen molar-refractivity contribution in [3.63, 3.8) is 0 Å². The van der Waals surface area contributed by atoms with E-state index in [-0.39, 0.29) is 0 Å². The van der Waals surface area contributed by atoms with Gasteiger partial charge in [-0.3, -0.25) is 0 Å². The van der Waals surface area contributed by atoms with E-state index >= 15 is 0 Å². The molecule has 11 rings (SSSR count). The lowest BCUT2D eigenvalue weighted by atomic mass is 10.0. The first kappa shape index (κ1) is 30.1. The summed E-state index contributed by atoms with van der Waals surface area (Å²) in [7, 11) is 0. The molecule has 0 saturated heterocycles. The van der Waals surface area contributed by atoms with Crippen molar-refractivity contribution in [3.8, 4) is 55.9 Å². The van der Waals surface area contributed by atoms with Crippen molar-refractivity contribution in [2.45, 2.75) is 0 Å². The van der Waals surface area contributed by atoms with Gasteiger partial charge < -0.3 is 4.42 Å². The van der Waals surface area contributed by atoms with Gasteiger partial charge in [0, 0.05) is 53.2 Å². The highest BCUT2D eigenvalue weighted by atomic mass is 32.1. The summed E-state index contributed by atoms with van der Waals surface area (Å²) >= 11 is 3.51. The van der Waals surface area contributed by atoms with Crippen molar-refractivity contribution in [2.75, 3.05) is 0 Å². The van der Waals surface area contributed by atoms with Crippen LogP contribution in [0, 0.1) is 0 Å². The minimum Gasteiger partial charge on any atom is -0.456 e. The van der Waals surface area contributed by atoms with Gasteiger partial charge in [-0.2, -0.15) is 0 Å². The zero-order valence-electron chi connectivity index (χ0n) is 28.0. The zero-order chi connectivity index (χ0) is 34.9.